The number of nitrogens with zero attached hydrogens (tertiary/aromatic N) is 1. The monoisotopic (exact) mass is 645 g/mol. The Bertz CT molecular complexity index is 1670. The molecule has 2 N–H and O–H groups in total. The predicted octanol–water partition coefficient (Wildman–Crippen LogP) is 7.67. The van der Waals surface area contributed by atoms with Gasteiger partial charge in [-0.25, -0.2) is 0 Å². The second-order valence-electron chi connectivity index (χ2n) is 10.4. The summed E-state index contributed by atoms with van der Waals surface area (Å²) in [7, 11) is -3.99. The van der Waals surface area contributed by atoms with Gasteiger partial charge in [-0.15, -0.1) is 0 Å². The fraction of sp³-hybridized carbons (Fsp3) is 0.290. The number of anilines is 2. The molecule has 0 unspecified atom stereocenters. The molecule has 0 bridgehead atoms. The fourth-order valence-electron chi connectivity index (χ4n) is 4.95. The van der Waals surface area contributed by atoms with Gasteiger partial charge in [-0.2, -0.15) is 26.6 Å². The minimum absolute atomic E-state index is 0.256. The van der Waals surface area contributed by atoms with Crippen molar-refractivity contribution in [2.45, 2.75) is 50.1 Å². The number of amidine groups is 1. The van der Waals surface area contributed by atoms with Gasteiger partial charge in [-0.05, 0) is 89.7 Å². The SMILES string of the molecule is COc1cc(/C=C2\SC(Nc3ccc(NS(=O)(=O)C(F)(F)F)cc3)=NC2=O)ccc1OCc1ccc(C2CCCCC2)cc1. The van der Waals surface area contributed by atoms with E-state index >= 15 is 0 Å². The van der Waals surface area contributed by atoms with E-state index in [1.165, 1.54) is 61.6 Å². The molecule has 1 fully saturated rings. The number of nitrogens with one attached hydrogen (secondary N) is 2. The van der Waals surface area contributed by atoms with E-state index in [1.54, 1.807) is 24.3 Å². The lowest BCUT2D eigenvalue weighted by Crippen LogP contribution is -2.29. The zero-order valence-corrected chi connectivity index (χ0v) is 25.3. The number of carbonyl (C=O) groups excluding carboxylic acids is 1. The van der Waals surface area contributed by atoms with Gasteiger partial charge in [0.1, 0.15) is 6.61 Å². The number of thioether (sulfide) groups is 1. The highest BCUT2D eigenvalue weighted by molar-refractivity contribution is 8.18. The smallest absolute Gasteiger partial charge is 0.493 e. The van der Waals surface area contributed by atoms with Crippen molar-refractivity contribution in [1.29, 1.82) is 0 Å². The third-order valence-corrected chi connectivity index (χ3v) is 9.26. The van der Waals surface area contributed by atoms with Crippen molar-refractivity contribution >= 4 is 50.3 Å². The standard InChI is InChI=1S/C31H30F3N3O5S2/c1-41-27-17-21(9-16-26(27)42-19-20-7-10-23(11-8-20)22-5-3-2-4-6-22)18-28-29(38)36-30(43-28)35-24-12-14-25(15-13-24)37-44(39,40)31(32,33)34/h7-18,22,37H,2-6,19H2,1H3,(H,35,36,38)/b28-18-. The average molecular weight is 646 g/mol. The third kappa shape index (κ3) is 7.75. The second-order valence-corrected chi connectivity index (χ2v) is 13.1. The summed E-state index contributed by atoms with van der Waals surface area (Å²) in [6.45, 7) is 0.383. The largest absolute Gasteiger partial charge is 0.516 e. The van der Waals surface area contributed by atoms with Crippen LogP contribution in [-0.2, 0) is 21.4 Å². The maximum Gasteiger partial charge on any atom is 0.516 e. The summed E-state index contributed by atoms with van der Waals surface area (Å²) < 4.78 is 73.4. The van der Waals surface area contributed by atoms with Gasteiger partial charge in [0.05, 0.1) is 12.0 Å². The molecule has 3 aromatic carbocycles. The highest BCUT2D eigenvalue weighted by Crippen LogP contribution is 2.35. The molecule has 8 nitrogen and oxygen atoms in total. The van der Waals surface area contributed by atoms with Gasteiger partial charge in [0.15, 0.2) is 16.7 Å². The molecule has 232 valence electrons. The highest BCUT2D eigenvalue weighted by atomic mass is 32.2. The van der Waals surface area contributed by atoms with E-state index in [0.29, 0.717) is 40.2 Å². The number of aliphatic imine (C=N–C) groups is 1. The number of methoxy groups -OCH3 is 1. The Morgan fingerprint density at radius 1 is 0.955 bits per heavy atom. The van der Waals surface area contributed by atoms with Gasteiger partial charge in [0.2, 0.25) is 0 Å². The third-order valence-electron chi connectivity index (χ3n) is 7.25. The van der Waals surface area contributed by atoms with Crippen LogP contribution in [0.5, 0.6) is 11.5 Å². The van der Waals surface area contributed by atoms with E-state index < -0.39 is 21.4 Å². The molecule has 0 aromatic heterocycles. The molecule has 1 aliphatic carbocycles. The van der Waals surface area contributed by atoms with Crippen LogP contribution >= 0.6 is 11.8 Å². The number of rotatable bonds is 9. The number of benzene rings is 3. The van der Waals surface area contributed by atoms with E-state index in [4.69, 9.17) is 9.47 Å². The molecule has 1 aliphatic heterocycles. The van der Waals surface area contributed by atoms with Crippen LogP contribution in [0.1, 0.15) is 54.7 Å². The predicted molar refractivity (Wildman–Crippen MR) is 166 cm³/mol. The molecule has 0 spiro atoms. The number of hydrogen-bond acceptors (Lipinski definition) is 7. The first-order chi connectivity index (χ1) is 21.0. The molecular weight excluding hydrogens is 615 g/mol. The maximum absolute atomic E-state index is 12.6. The number of ether oxygens (including phenoxy) is 2. The highest BCUT2D eigenvalue weighted by Gasteiger charge is 2.46. The molecule has 1 heterocycles. The van der Waals surface area contributed by atoms with Crippen LogP contribution in [0.15, 0.2) is 76.6 Å². The summed E-state index contributed by atoms with van der Waals surface area (Å²) >= 11 is 1.08. The average Bonchev–Trinajstić information content (AvgIpc) is 3.35. The van der Waals surface area contributed by atoms with Gasteiger partial charge in [-0.1, -0.05) is 49.6 Å². The second kappa shape index (κ2) is 13.3. The number of alkyl halides is 3. The van der Waals surface area contributed by atoms with Crippen molar-refractivity contribution in [3.05, 3.63) is 88.3 Å². The number of halogens is 3. The zero-order chi connectivity index (χ0) is 31.3. The van der Waals surface area contributed by atoms with Crippen molar-refractivity contribution in [2.75, 3.05) is 17.1 Å². The Balaban J connectivity index is 1.17. The van der Waals surface area contributed by atoms with E-state index in [1.807, 2.05) is 0 Å². The lowest BCUT2D eigenvalue weighted by Gasteiger charge is -2.22. The van der Waals surface area contributed by atoms with Crippen LogP contribution in [0, 0.1) is 0 Å². The summed E-state index contributed by atoms with van der Waals surface area (Å²) in [6.07, 6.45) is 8.08. The molecular formula is C31H30F3N3O5S2. The summed E-state index contributed by atoms with van der Waals surface area (Å²) in [6, 6.07) is 19.0. The van der Waals surface area contributed by atoms with Gasteiger partial charge in [0, 0.05) is 11.4 Å². The summed E-state index contributed by atoms with van der Waals surface area (Å²) in [5.41, 5.74) is -2.16. The number of hydrogen-bond donors (Lipinski definition) is 2. The number of carbonyl (C=O) groups is 1. The first-order valence-electron chi connectivity index (χ1n) is 13.9. The Labute approximate surface area is 257 Å². The van der Waals surface area contributed by atoms with E-state index in [2.05, 4.69) is 34.6 Å². The quantitative estimate of drug-likeness (QED) is 0.230. The molecule has 1 saturated carbocycles. The normalized spacial score (nSPS) is 17.0. The van der Waals surface area contributed by atoms with Crippen molar-refractivity contribution in [1.82, 2.24) is 0 Å². The molecule has 5 rings (SSSR count). The Morgan fingerprint density at radius 3 is 2.30 bits per heavy atom. The Morgan fingerprint density at radius 2 is 1.64 bits per heavy atom. The molecule has 1 amide bonds. The molecule has 13 heteroatoms. The van der Waals surface area contributed by atoms with Gasteiger partial charge in [0.25, 0.3) is 5.91 Å². The molecule has 0 saturated heterocycles. The minimum Gasteiger partial charge on any atom is -0.493 e. The first kappa shape index (κ1) is 31.5. The molecule has 44 heavy (non-hydrogen) atoms. The molecule has 0 atom stereocenters. The van der Waals surface area contributed by atoms with Crippen LogP contribution in [0.3, 0.4) is 0 Å². The van der Waals surface area contributed by atoms with Crippen LogP contribution in [0.4, 0.5) is 24.5 Å². The maximum atomic E-state index is 12.6. The molecule has 2 aliphatic rings. The lowest BCUT2D eigenvalue weighted by atomic mass is 9.84. The molecule has 0 radical (unpaired) electrons. The van der Waals surface area contributed by atoms with Crippen LogP contribution in [0.25, 0.3) is 6.08 Å². The number of amides is 1. The van der Waals surface area contributed by atoms with Crippen molar-refractivity contribution in [3.8, 4) is 11.5 Å². The van der Waals surface area contributed by atoms with Crippen LogP contribution in [0.2, 0.25) is 0 Å². The topological polar surface area (TPSA) is 106 Å². The minimum atomic E-state index is -5.53. The zero-order valence-electron chi connectivity index (χ0n) is 23.7. The van der Waals surface area contributed by atoms with Crippen LogP contribution in [-0.4, -0.2) is 32.1 Å². The van der Waals surface area contributed by atoms with E-state index in [-0.39, 0.29) is 10.9 Å². The van der Waals surface area contributed by atoms with Gasteiger partial charge >= 0.3 is 15.5 Å². The fourth-order valence-corrected chi connectivity index (χ4v) is 6.34. The Hall–Kier alpha value is -3.97. The van der Waals surface area contributed by atoms with Crippen molar-refractivity contribution < 1.29 is 35.9 Å². The van der Waals surface area contributed by atoms with Gasteiger partial charge in [-0.3, -0.25) is 9.52 Å². The lowest BCUT2D eigenvalue weighted by molar-refractivity contribution is -0.113. The Kier molecular flexibility index (Phi) is 9.54. The summed E-state index contributed by atoms with van der Waals surface area (Å²) in [4.78, 5) is 16.9. The summed E-state index contributed by atoms with van der Waals surface area (Å²) in [5.74, 6) is 1.25. The van der Waals surface area contributed by atoms with E-state index in [9.17, 15) is 26.4 Å². The van der Waals surface area contributed by atoms with Gasteiger partial charge < -0.3 is 14.8 Å². The van der Waals surface area contributed by atoms with Crippen molar-refractivity contribution in [2.24, 2.45) is 4.99 Å². The van der Waals surface area contributed by atoms with Crippen molar-refractivity contribution in [3.63, 3.8) is 0 Å². The number of sulfonamides is 1. The first-order valence-corrected chi connectivity index (χ1v) is 16.2. The van der Waals surface area contributed by atoms with Crippen LogP contribution < -0.4 is 19.5 Å². The van der Waals surface area contributed by atoms with E-state index in [0.717, 1.165) is 29.5 Å². The molecule has 3 aromatic rings. The summed E-state index contributed by atoms with van der Waals surface area (Å²) in [5, 5.41) is 3.16.